The fourth-order valence-corrected chi connectivity index (χ4v) is 1.84. The second-order valence-corrected chi connectivity index (χ2v) is 5.85. The van der Waals surface area contributed by atoms with Crippen LogP contribution in [0.4, 0.5) is 5.69 Å². The van der Waals surface area contributed by atoms with E-state index in [1.54, 1.807) is 24.7 Å². The molecule has 2 heterocycles. The average Bonchev–Trinajstić information content (AvgIpc) is 2.44. The van der Waals surface area contributed by atoms with Gasteiger partial charge in [-0.25, -0.2) is 0 Å². The summed E-state index contributed by atoms with van der Waals surface area (Å²) in [5, 5.41) is 6.16. The van der Waals surface area contributed by atoms with Gasteiger partial charge in [0.2, 0.25) is 0 Å². The van der Waals surface area contributed by atoms with E-state index in [9.17, 15) is 4.79 Å². The summed E-state index contributed by atoms with van der Waals surface area (Å²) in [7, 11) is 0. The van der Waals surface area contributed by atoms with E-state index < -0.39 is 0 Å². The first-order valence-electron chi connectivity index (χ1n) is 6.85. The maximum atomic E-state index is 12.1. The van der Waals surface area contributed by atoms with Crippen LogP contribution >= 0.6 is 0 Å². The number of hydrogen-bond acceptors (Lipinski definition) is 4. The van der Waals surface area contributed by atoms with Gasteiger partial charge in [-0.15, -0.1) is 0 Å². The third-order valence-corrected chi connectivity index (χ3v) is 2.69. The normalized spacial score (nSPS) is 11.0. The smallest absolute Gasteiger partial charge is 0.270 e. The second-order valence-electron chi connectivity index (χ2n) is 5.85. The van der Waals surface area contributed by atoms with Crippen LogP contribution < -0.4 is 10.6 Å². The molecule has 2 aromatic heterocycles. The lowest BCUT2D eigenvalue weighted by atomic mass is 10.1. The van der Waals surface area contributed by atoms with Crippen LogP contribution in [0, 0.1) is 0 Å². The molecule has 5 nitrogen and oxygen atoms in total. The molecule has 5 heteroatoms. The molecule has 0 atom stereocenters. The first-order chi connectivity index (χ1) is 9.94. The van der Waals surface area contributed by atoms with Crippen LogP contribution in [-0.4, -0.2) is 21.4 Å². The lowest BCUT2D eigenvalue weighted by Gasteiger charge is -2.22. The topological polar surface area (TPSA) is 66.9 Å². The maximum absolute atomic E-state index is 12.1. The van der Waals surface area contributed by atoms with Gasteiger partial charge in [0.25, 0.3) is 5.91 Å². The Kier molecular flexibility index (Phi) is 4.52. The van der Waals surface area contributed by atoms with E-state index in [2.05, 4.69) is 41.4 Å². The van der Waals surface area contributed by atoms with Gasteiger partial charge in [-0.3, -0.25) is 14.8 Å². The van der Waals surface area contributed by atoms with Crippen LogP contribution in [0.3, 0.4) is 0 Å². The highest BCUT2D eigenvalue weighted by Crippen LogP contribution is 2.14. The van der Waals surface area contributed by atoms with E-state index in [1.807, 2.05) is 18.2 Å². The molecule has 0 aliphatic heterocycles. The Morgan fingerprint density at radius 1 is 1.24 bits per heavy atom. The summed E-state index contributed by atoms with van der Waals surface area (Å²) in [5.74, 6) is -0.198. The van der Waals surface area contributed by atoms with Crippen molar-refractivity contribution in [1.29, 1.82) is 0 Å². The fraction of sp³-hybridized carbons (Fsp3) is 0.312. The standard InChI is InChI=1S/C16H20N4O/c1-16(2,3)20-13-6-8-18-14(9-13)15(21)19-11-12-5-4-7-17-10-12/h4-10H,11H2,1-3H3,(H,18,20)(H,19,21). The Morgan fingerprint density at radius 2 is 2.05 bits per heavy atom. The van der Waals surface area contributed by atoms with Gasteiger partial charge in [-0.2, -0.15) is 0 Å². The van der Waals surface area contributed by atoms with Crippen LogP contribution in [0.5, 0.6) is 0 Å². The third-order valence-electron chi connectivity index (χ3n) is 2.69. The minimum atomic E-state index is -0.198. The summed E-state index contributed by atoms with van der Waals surface area (Å²) in [6.45, 7) is 6.63. The summed E-state index contributed by atoms with van der Waals surface area (Å²) in [6, 6.07) is 7.36. The number of anilines is 1. The second kappa shape index (κ2) is 6.35. The molecule has 0 spiro atoms. The molecule has 0 bridgehead atoms. The van der Waals surface area contributed by atoms with E-state index in [4.69, 9.17) is 0 Å². The average molecular weight is 284 g/mol. The number of rotatable bonds is 4. The minimum absolute atomic E-state index is 0.0647. The fourth-order valence-electron chi connectivity index (χ4n) is 1.84. The lowest BCUT2D eigenvalue weighted by Crippen LogP contribution is -2.27. The lowest BCUT2D eigenvalue weighted by molar-refractivity contribution is 0.0946. The maximum Gasteiger partial charge on any atom is 0.270 e. The molecule has 1 amide bonds. The molecule has 21 heavy (non-hydrogen) atoms. The predicted molar refractivity (Wildman–Crippen MR) is 83.0 cm³/mol. The molecule has 0 fully saturated rings. The molecule has 0 aliphatic rings. The number of hydrogen-bond donors (Lipinski definition) is 2. The zero-order valence-corrected chi connectivity index (χ0v) is 12.6. The number of carbonyl (C=O) groups is 1. The summed E-state index contributed by atoms with van der Waals surface area (Å²) in [5.41, 5.74) is 2.16. The highest BCUT2D eigenvalue weighted by Gasteiger charge is 2.12. The van der Waals surface area contributed by atoms with Gasteiger partial charge < -0.3 is 10.6 Å². The molecule has 0 unspecified atom stereocenters. The Bertz CT molecular complexity index is 605. The Hall–Kier alpha value is -2.43. The van der Waals surface area contributed by atoms with Gasteiger partial charge in [0, 0.05) is 36.4 Å². The van der Waals surface area contributed by atoms with E-state index >= 15 is 0 Å². The predicted octanol–water partition coefficient (Wildman–Crippen LogP) is 2.62. The summed E-state index contributed by atoms with van der Waals surface area (Å²) in [6.07, 6.45) is 5.06. The molecular formula is C16H20N4O. The molecular weight excluding hydrogens is 264 g/mol. The van der Waals surface area contributed by atoms with Crippen molar-refractivity contribution in [2.75, 3.05) is 5.32 Å². The number of carbonyl (C=O) groups excluding carboxylic acids is 1. The van der Waals surface area contributed by atoms with Gasteiger partial charge in [-0.1, -0.05) is 6.07 Å². The third kappa shape index (κ3) is 4.87. The highest BCUT2D eigenvalue weighted by atomic mass is 16.1. The van der Waals surface area contributed by atoms with E-state index in [-0.39, 0.29) is 11.4 Å². The Morgan fingerprint density at radius 3 is 2.71 bits per heavy atom. The zero-order chi connectivity index (χ0) is 15.3. The van der Waals surface area contributed by atoms with Crippen LogP contribution in [0.15, 0.2) is 42.9 Å². The molecule has 2 aromatic rings. The van der Waals surface area contributed by atoms with Gasteiger partial charge in [0.1, 0.15) is 5.69 Å². The number of amides is 1. The minimum Gasteiger partial charge on any atom is -0.380 e. The van der Waals surface area contributed by atoms with Crippen LogP contribution in [-0.2, 0) is 6.54 Å². The highest BCUT2D eigenvalue weighted by molar-refractivity contribution is 5.93. The van der Waals surface area contributed by atoms with Crippen LogP contribution in [0.25, 0.3) is 0 Å². The molecule has 0 aliphatic carbocycles. The molecule has 110 valence electrons. The number of pyridine rings is 2. The Labute approximate surface area is 124 Å². The quantitative estimate of drug-likeness (QED) is 0.905. The summed E-state index contributed by atoms with van der Waals surface area (Å²) >= 11 is 0. The zero-order valence-electron chi connectivity index (χ0n) is 12.6. The van der Waals surface area contributed by atoms with Crippen molar-refractivity contribution in [2.24, 2.45) is 0 Å². The number of nitrogens with zero attached hydrogens (tertiary/aromatic N) is 2. The van der Waals surface area contributed by atoms with Crippen molar-refractivity contribution in [3.63, 3.8) is 0 Å². The molecule has 0 saturated heterocycles. The van der Waals surface area contributed by atoms with Crippen molar-refractivity contribution >= 4 is 11.6 Å². The number of aromatic nitrogens is 2. The first kappa shape index (κ1) is 15.0. The largest absolute Gasteiger partial charge is 0.380 e. The molecule has 2 rings (SSSR count). The van der Waals surface area contributed by atoms with E-state index in [1.165, 1.54) is 0 Å². The van der Waals surface area contributed by atoms with E-state index in [0.29, 0.717) is 12.2 Å². The van der Waals surface area contributed by atoms with Crippen molar-refractivity contribution < 1.29 is 4.79 Å². The number of nitrogens with one attached hydrogen (secondary N) is 2. The molecule has 0 aromatic carbocycles. The van der Waals surface area contributed by atoms with Crippen molar-refractivity contribution in [1.82, 2.24) is 15.3 Å². The van der Waals surface area contributed by atoms with Crippen molar-refractivity contribution in [3.8, 4) is 0 Å². The van der Waals surface area contributed by atoms with Gasteiger partial charge >= 0.3 is 0 Å². The van der Waals surface area contributed by atoms with Crippen LogP contribution in [0.2, 0.25) is 0 Å². The SMILES string of the molecule is CC(C)(C)Nc1ccnc(C(=O)NCc2cccnc2)c1. The molecule has 0 saturated carbocycles. The van der Waals surface area contributed by atoms with Crippen LogP contribution in [0.1, 0.15) is 36.8 Å². The van der Waals surface area contributed by atoms with Gasteiger partial charge in [0.15, 0.2) is 0 Å². The van der Waals surface area contributed by atoms with Crippen molar-refractivity contribution in [2.45, 2.75) is 32.9 Å². The Balaban J connectivity index is 2.01. The summed E-state index contributed by atoms with van der Waals surface area (Å²) in [4.78, 5) is 20.2. The van der Waals surface area contributed by atoms with Gasteiger partial charge in [0.05, 0.1) is 0 Å². The van der Waals surface area contributed by atoms with E-state index in [0.717, 1.165) is 11.3 Å². The molecule has 2 N–H and O–H groups in total. The first-order valence-corrected chi connectivity index (χ1v) is 6.85. The molecule has 0 radical (unpaired) electrons. The summed E-state index contributed by atoms with van der Waals surface area (Å²) < 4.78 is 0. The van der Waals surface area contributed by atoms with Gasteiger partial charge in [-0.05, 0) is 44.5 Å². The monoisotopic (exact) mass is 284 g/mol. The van der Waals surface area contributed by atoms with Crippen molar-refractivity contribution in [3.05, 3.63) is 54.1 Å².